The molecular weight excluding hydrogens is 643 g/mol. The average molecular weight is 679 g/mol. The van der Waals surface area contributed by atoms with E-state index >= 15 is 0 Å². The molecule has 0 radical (unpaired) electrons. The van der Waals surface area contributed by atoms with E-state index in [2.05, 4.69) is 20.0 Å². The van der Waals surface area contributed by atoms with Crippen molar-refractivity contribution in [2.45, 2.75) is 50.5 Å². The Hall–Kier alpha value is -4.63. The lowest BCUT2D eigenvalue weighted by Gasteiger charge is -2.27. The number of hydrogen-bond donors (Lipinski definition) is 4. The molecular formula is C32H35N6O9P. The number of methoxy groups -OCH3 is 1. The molecule has 1 aliphatic heterocycles. The number of esters is 1. The number of anilines is 1. The summed E-state index contributed by atoms with van der Waals surface area (Å²) in [6.45, 7) is 2.31. The first-order chi connectivity index (χ1) is 23.0. The molecule has 1 aliphatic rings. The second-order valence-corrected chi connectivity index (χ2v) is 13.1. The number of benzene rings is 3. The molecule has 15 nitrogen and oxygen atoms in total. The number of imidazole rings is 1. The van der Waals surface area contributed by atoms with Gasteiger partial charge in [0.15, 0.2) is 17.4 Å². The summed E-state index contributed by atoms with van der Waals surface area (Å²) in [6, 6.07) is 20.5. The normalized spacial score (nSPS) is 22.7. The number of rotatable bonds is 12. The number of nitrogens with zero attached hydrogens (tertiary/aromatic N) is 4. The predicted molar refractivity (Wildman–Crippen MR) is 174 cm³/mol. The molecule has 2 aromatic heterocycles. The van der Waals surface area contributed by atoms with Crippen molar-refractivity contribution in [1.82, 2.24) is 24.6 Å². The molecule has 0 amide bonds. The van der Waals surface area contributed by atoms with Gasteiger partial charge in [-0.3, -0.25) is 13.9 Å². The van der Waals surface area contributed by atoms with Crippen LogP contribution in [0.25, 0.3) is 21.9 Å². The minimum Gasteiger partial charge on any atom is -0.479 e. The van der Waals surface area contributed by atoms with E-state index < -0.39 is 50.4 Å². The highest BCUT2D eigenvalue weighted by atomic mass is 31.2. The molecule has 5 N–H and O–H groups in total. The Morgan fingerprint density at radius 1 is 1.12 bits per heavy atom. The molecule has 3 heterocycles. The molecule has 6 atom stereocenters. The third-order valence-electron chi connectivity index (χ3n) is 7.91. The van der Waals surface area contributed by atoms with E-state index in [4.69, 9.17) is 29.0 Å². The van der Waals surface area contributed by atoms with Gasteiger partial charge in [-0.05, 0) is 30.9 Å². The summed E-state index contributed by atoms with van der Waals surface area (Å²) >= 11 is 0. The summed E-state index contributed by atoms with van der Waals surface area (Å²) in [6.07, 6.45) is -2.66. The van der Waals surface area contributed by atoms with Crippen LogP contribution in [0.3, 0.4) is 0 Å². The summed E-state index contributed by atoms with van der Waals surface area (Å²) in [5.74, 6) is -0.466. The van der Waals surface area contributed by atoms with Gasteiger partial charge >= 0.3 is 13.7 Å². The van der Waals surface area contributed by atoms with Crippen LogP contribution in [-0.2, 0) is 30.0 Å². The highest BCUT2D eigenvalue weighted by molar-refractivity contribution is 7.52. The number of nitrogens with two attached hydrogens (primary N) is 1. The summed E-state index contributed by atoms with van der Waals surface area (Å²) in [5.41, 5.74) is 5.16. The van der Waals surface area contributed by atoms with Crippen LogP contribution in [0.2, 0.25) is 0 Å². The molecule has 1 saturated heterocycles. The van der Waals surface area contributed by atoms with Crippen LogP contribution in [0.5, 0.6) is 11.6 Å². The van der Waals surface area contributed by atoms with Gasteiger partial charge in [0, 0.05) is 5.39 Å². The van der Waals surface area contributed by atoms with Crippen molar-refractivity contribution in [2.75, 3.05) is 19.5 Å². The molecule has 5 aromatic rings. The Bertz CT molecular complexity index is 1970. The van der Waals surface area contributed by atoms with Gasteiger partial charge in [-0.25, -0.2) is 9.55 Å². The Labute approximate surface area is 275 Å². The predicted octanol–water partition coefficient (Wildman–Crippen LogP) is 3.50. The Kier molecular flexibility index (Phi) is 9.34. The molecule has 1 fully saturated rings. The first kappa shape index (κ1) is 33.3. The lowest BCUT2D eigenvalue weighted by molar-refractivity contribution is -0.146. The maximum Gasteiger partial charge on any atom is 0.459 e. The van der Waals surface area contributed by atoms with Crippen LogP contribution >= 0.6 is 7.75 Å². The summed E-state index contributed by atoms with van der Waals surface area (Å²) in [5, 5.41) is 26.7. The minimum absolute atomic E-state index is 0.00495. The number of nitrogen functional groups attached to an aromatic ring is 1. The van der Waals surface area contributed by atoms with Gasteiger partial charge in [0.1, 0.15) is 36.2 Å². The topological polar surface area (TPSA) is 202 Å². The summed E-state index contributed by atoms with van der Waals surface area (Å²) < 4.78 is 44.4. The maximum atomic E-state index is 14.4. The van der Waals surface area contributed by atoms with Crippen molar-refractivity contribution in [1.29, 1.82) is 0 Å². The van der Waals surface area contributed by atoms with Gasteiger partial charge in [-0.15, -0.1) is 0 Å². The van der Waals surface area contributed by atoms with E-state index in [1.54, 1.807) is 24.3 Å². The largest absolute Gasteiger partial charge is 0.479 e. The summed E-state index contributed by atoms with van der Waals surface area (Å²) in [7, 11) is -3.01. The molecule has 0 spiro atoms. The van der Waals surface area contributed by atoms with Gasteiger partial charge in [0.05, 0.1) is 20.0 Å². The molecule has 252 valence electrons. The molecule has 6 rings (SSSR count). The third-order valence-corrected chi connectivity index (χ3v) is 9.54. The Balaban J connectivity index is 1.24. The quantitative estimate of drug-likeness (QED) is 0.110. The van der Waals surface area contributed by atoms with E-state index in [9.17, 15) is 19.6 Å². The first-order valence-electron chi connectivity index (χ1n) is 15.0. The van der Waals surface area contributed by atoms with Crippen molar-refractivity contribution in [3.63, 3.8) is 0 Å². The van der Waals surface area contributed by atoms with Crippen molar-refractivity contribution in [3.8, 4) is 11.6 Å². The standard InChI is InChI=1S/C32H35N6O9P/c1-19(29(40)44-16-20-10-5-4-6-11-20)37-48(42,47-23-15-9-13-21-12-7-8-14-22(21)23)45-17-24-26(39)32(2,41)30(46-24)38-18-34-25-27(38)35-31(33)36-28(25)43-3/h4-15,18-19,24,26,30,39,41H,16-17H2,1-3H3,(H,37,42)(H2,33,35,36)/t19-,24+,26+,30+,32+,48?/m0/s1. The SMILES string of the molecule is COc1nc(N)nc2c1ncn2[C@@H]1O[C@H](COP(=O)(N[C@@H](C)C(=O)OCc2ccccc2)Oc2cccc3ccccc23)[C@@H](O)[C@@]1(C)O. The molecule has 0 aliphatic carbocycles. The average Bonchev–Trinajstić information content (AvgIpc) is 3.59. The van der Waals surface area contributed by atoms with Gasteiger partial charge in [-0.1, -0.05) is 66.7 Å². The second kappa shape index (κ2) is 13.5. The van der Waals surface area contributed by atoms with E-state index in [0.717, 1.165) is 10.9 Å². The Morgan fingerprint density at radius 2 is 1.85 bits per heavy atom. The van der Waals surface area contributed by atoms with Crippen LogP contribution in [0.15, 0.2) is 79.1 Å². The van der Waals surface area contributed by atoms with Crippen molar-refractivity contribution >= 4 is 41.6 Å². The zero-order valence-electron chi connectivity index (χ0n) is 26.3. The number of hydrogen-bond acceptors (Lipinski definition) is 13. The van der Waals surface area contributed by atoms with Gasteiger partial charge in [-0.2, -0.15) is 15.1 Å². The number of aromatic nitrogens is 4. The van der Waals surface area contributed by atoms with Gasteiger partial charge < -0.3 is 34.7 Å². The van der Waals surface area contributed by atoms with E-state index in [1.807, 2.05) is 48.5 Å². The molecule has 1 unspecified atom stereocenters. The van der Waals surface area contributed by atoms with Crippen molar-refractivity contribution in [2.24, 2.45) is 0 Å². The molecule has 0 bridgehead atoms. The first-order valence-corrected chi connectivity index (χ1v) is 16.5. The van der Waals surface area contributed by atoms with Gasteiger partial charge in [0.25, 0.3) is 0 Å². The minimum atomic E-state index is -4.40. The fourth-order valence-corrected chi connectivity index (χ4v) is 6.93. The highest BCUT2D eigenvalue weighted by Crippen LogP contribution is 2.48. The van der Waals surface area contributed by atoms with Crippen molar-refractivity contribution < 1.29 is 42.8 Å². The van der Waals surface area contributed by atoms with Crippen LogP contribution in [0.1, 0.15) is 25.6 Å². The number of nitrogens with one attached hydrogen (secondary N) is 1. The van der Waals surface area contributed by atoms with E-state index in [0.29, 0.717) is 5.39 Å². The van der Waals surface area contributed by atoms with Gasteiger partial charge in [0.2, 0.25) is 11.8 Å². The van der Waals surface area contributed by atoms with Crippen LogP contribution in [0, 0.1) is 0 Å². The lowest BCUT2D eigenvalue weighted by atomic mass is 9.96. The van der Waals surface area contributed by atoms with Crippen LogP contribution in [-0.4, -0.2) is 73.3 Å². The molecule has 0 saturated carbocycles. The smallest absolute Gasteiger partial charge is 0.459 e. The molecule has 16 heteroatoms. The fourth-order valence-electron chi connectivity index (χ4n) is 5.41. The highest BCUT2D eigenvalue weighted by Gasteiger charge is 2.54. The number of carbonyl (C=O) groups excluding carboxylic acids is 1. The second-order valence-electron chi connectivity index (χ2n) is 11.4. The van der Waals surface area contributed by atoms with Crippen molar-refractivity contribution in [3.05, 3.63) is 84.7 Å². The molecule has 48 heavy (non-hydrogen) atoms. The van der Waals surface area contributed by atoms with Crippen LogP contribution < -0.4 is 20.1 Å². The van der Waals surface area contributed by atoms with Crippen LogP contribution in [0.4, 0.5) is 5.95 Å². The maximum absolute atomic E-state index is 14.4. The summed E-state index contributed by atoms with van der Waals surface area (Å²) in [4.78, 5) is 25.4. The van der Waals surface area contributed by atoms with E-state index in [1.165, 1.54) is 31.9 Å². The third kappa shape index (κ3) is 6.69. The zero-order valence-corrected chi connectivity index (χ0v) is 27.2. The monoisotopic (exact) mass is 678 g/mol. The fraction of sp³-hybridized carbons (Fsp3) is 0.312. The lowest BCUT2D eigenvalue weighted by Crippen LogP contribution is -2.44. The molecule has 3 aromatic carbocycles. The number of aliphatic hydroxyl groups is 2. The zero-order chi connectivity index (χ0) is 34.1. The number of ether oxygens (including phenoxy) is 3. The number of aliphatic hydroxyl groups excluding tert-OH is 1. The number of carbonyl (C=O) groups is 1. The van der Waals surface area contributed by atoms with E-state index in [-0.39, 0.29) is 35.3 Å². The number of fused-ring (bicyclic) bond motifs is 2. The Morgan fingerprint density at radius 3 is 2.62 bits per heavy atom.